The second-order valence-electron chi connectivity index (χ2n) is 7.43. The van der Waals surface area contributed by atoms with Crippen LogP contribution in [0.15, 0.2) is 4.52 Å². The molecule has 19 heavy (non-hydrogen) atoms. The van der Waals surface area contributed by atoms with E-state index in [9.17, 15) is 0 Å². The van der Waals surface area contributed by atoms with Crippen LogP contribution >= 0.6 is 0 Å². The first-order valence-corrected chi connectivity index (χ1v) is 7.15. The van der Waals surface area contributed by atoms with Crippen molar-refractivity contribution in [2.24, 2.45) is 16.6 Å². The van der Waals surface area contributed by atoms with Gasteiger partial charge in [0.1, 0.15) is 0 Å². The van der Waals surface area contributed by atoms with Crippen molar-refractivity contribution in [2.75, 3.05) is 6.54 Å². The molecule has 1 aromatic heterocycles. The van der Waals surface area contributed by atoms with Crippen LogP contribution < -0.4 is 5.73 Å². The van der Waals surface area contributed by atoms with Crippen LogP contribution in [0.5, 0.6) is 0 Å². The highest BCUT2D eigenvalue weighted by Gasteiger charge is 2.49. The molecule has 1 aliphatic heterocycles. The molecule has 5 heteroatoms. The molecule has 0 amide bonds. The van der Waals surface area contributed by atoms with Crippen LogP contribution in [0, 0.1) is 10.8 Å². The smallest absolute Gasteiger partial charge is 0.240 e. The molecular weight excluding hydrogens is 240 g/mol. The van der Waals surface area contributed by atoms with Crippen LogP contribution in [0.1, 0.15) is 51.7 Å². The van der Waals surface area contributed by atoms with Crippen LogP contribution in [0.3, 0.4) is 0 Å². The lowest BCUT2D eigenvalue weighted by molar-refractivity contribution is 0.126. The number of rotatable bonds is 3. The van der Waals surface area contributed by atoms with Crippen molar-refractivity contribution >= 4 is 0 Å². The molecular formula is C14H24N4O. The predicted molar refractivity (Wildman–Crippen MR) is 72.1 cm³/mol. The van der Waals surface area contributed by atoms with Gasteiger partial charge < -0.3 is 10.3 Å². The summed E-state index contributed by atoms with van der Waals surface area (Å²) in [5.41, 5.74) is 6.41. The van der Waals surface area contributed by atoms with Crippen molar-refractivity contribution in [1.82, 2.24) is 15.0 Å². The zero-order valence-electron chi connectivity index (χ0n) is 12.1. The highest BCUT2D eigenvalue weighted by molar-refractivity contribution is 5.03. The van der Waals surface area contributed by atoms with Gasteiger partial charge in [-0.05, 0) is 30.1 Å². The standard InChI is InChI=1S/C14H24N4O/c1-13(2)4-10-5-14(3,8-13)9-18(10)7-11-16-12(6-15)19-17-11/h10H,4-9,15H2,1-3H3. The molecule has 2 N–H and O–H groups in total. The summed E-state index contributed by atoms with van der Waals surface area (Å²) < 4.78 is 5.09. The van der Waals surface area contributed by atoms with Gasteiger partial charge in [-0.3, -0.25) is 4.90 Å². The SMILES string of the molecule is CC1(C)CC2CC(C)(CN2Cc2noc(CN)n2)C1. The fourth-order valence-corrected chi connectivity index (χ4v) is 4.38. The quantitative estimate of drug-likeness (QED) is 0.903. The van der Waals surface area contributed by atoms with E-state index in [1.54, 1.807) is 0 Å². The summed E-state index contributed by atoms with van der Waals surface area (Å²) in [4.78, 5) is 6.85. The van der Waals surface area contributed by atoms with E-state index in [4.69, 9.17) is 10.3 Å². The normalized spacial score (nSPS) is 33.8. The van der Waals surface area contributed by atoms with Crippen molar-refractivity contribution in [3.8, 4) is 0 Å². The van der Waals surface area contributed by atoms with E-state index in [-0.39, 0.29) is 0 Å². The third-order valence-corrected chi connectivity index (χ3v) is 4.55. The van der Waals surface area contributed by atoms with Gasteiger partial charge in [-0.15, -0.1) is 0 Å². The number of hydrogen-bond acceptors (Lipinski definition) is 5. The van der Waals surface area contributed by atoms with Crippen LogP contribution in [0.2, 0.25) is 0 Å². The summed E-state index contributed by atoms with van der Waals surface area (Å²) in [7, 11) is 0. The summed E-state index contributed by atoms with van der Waals surface area (Å²) in [6.45, 7) is 9.46. The van der Waals surface area contributed by atoms with Gasteiger partial charge >= 0.3 is 0 Å². The summed E-state index contributed by atoms with van der Waals surface area (Å²) >= 11 is 0. The Balaban J connectivity index is 1.73. The Labute approximate surface area is 114 Å². The molecule has 2 bridgehead atoms. The first-order chi connectivity index (χ1) is 8.89. The highest BCUT2D eigenvalue weighted by atomic mass is 16.5. The molecule has 1 aromatic rings. The Bertz CT molecular complexity index is 470. The Hall–Kier alpha value is -0.940. The minimum Gasteiger partial charge on any atom is -0.338 e. The number of fused-ring (bicyclic) bond motifs is 2. The summed E-state index contributed by atoms with van der Waals surface area (Å²) in [5.74, 6) is 1.30. The van der Waals surface area contributed by atoms with Crippen LogP contribution in [-0.4, -0.2) is 27.6 Å². The summed E-state index contributed by atoms with van der Waals surface area (Å²) in [5, 5.41) is 4.02. The van der Waals surface area contributed by atoms with Gasteiger partial charge in [-0.2, -0.15) is 4.98 Å². The summed E-state index contributed by atoms with van der Waals surface area (Å²) in [6.07, 6.45) is 3.88. The van der Waals surface area contributed by atoms with E-state index in [2.05, 4.69) is 35.8 Å². The lowest BCUT2D eigenvalue weighted by Gasteiger charge is -2.39. The molecule has 3 rings (SSSR count). The lowest BCUT2D eigenvalue weighted by atomic mass is 9.65. The molecule has 5 nitrogen and oxygen atoms in total. The molecule has 0 aromatic carbocycles. The molecule has 2 atom stereocenters. The van der Waals surface area contributed by atoms with Gasteiger partial charge in [0.05, 0.1) is 13.1 Å². The van der Waals surface area contributed by atoms with Gasteiger partial charge in [0.2, 0.25) is 5.89 Å². The molecule has 2 fully saturated rings. The fourth-order valence-electron chi connectivity index (χ4n) is 4.38. The van der Waals surface area contributed by atoms with Crippen LogP contribution in [0.25, 0.3) is 0 Å². The maximum absolute atomic E-state index is 5.50. The van der Waals surface area contributed by atoms with Gasteiger partial charge in [-0.25, -0.2) is 0 Å². The van der Waals surface area contributed by atoms with Crippen LogP contribution in [-0.2, 0) is 13.1 Å². The second-order valence-corrected chi connectivity index (χ2v) is 7.43. The zero-order valence-corrected chi connectivity index (χ0v) is 12.1. The van der Waals surface area contributed by atoms with Crippen molar-refractivity contribution in [3.63, 3.8) is 0 Å². The topological polar surface area (TPSA) is 68.2 Å². The number of likely N-dealkylation sites (tertiary alicyclic amines) is 1. The van der Waals surface area contributed by atoms with Gasteiger partial charge in [-0.1, -0.05) is 25.9 Å². The molecule has 0 radical (unpaired) electrons. The van der Waals surface area contributed by atoms with Crippen molar-refractivity contribution < 1.29 is 4.52 Å². The first kappa shape index (κ1) is 13.1. The predicted octanol–water partition coefficient (Wildman–Crippen LogP) is 1.93. The van der Waals surface area contributed by atoms with E-state index in [0.717, 1.165) is 18.9 Å². The molecule has 1 aliphatic carbocycles. The maximum Gasteiger partial charge on any atom is 0.240 e. The highest BCUT2D eigenvalue weighted by Crippen LogP contribution is 2.52. The molecule has 2 heterocycles. The minimum atomic E-state index is 0.321. The zero-order chi connectivity index (χ0) is 13.7. The van der Waals surface area contributed by atoms with E-state index < -0.39 is 0 Å². The fraction of sp³-hybridized carbons (Fsp3) is 0.857. The maximum atomic E-state index is 5.50. The van der Waals surface area contributed by atoms with Gasteiger partial charge in [0.25, 0.3) is 0 Å². The Morgan fingerprint density at radius 2 is 2.16 bits per heavy atom. The molecule has 1 saturated carbocycles. The third-order valence-electron chi connectivity index (χ3n) is 4.55. The van der Waals surface area contributed by atoms with Crippen molar-refractivity contribution in [2.45, 2.75) is 59.2 Å². The van der Waals surface area contributed by atoms with Crippen molar-refractivity contribution in [1.29, 1.82) is 0 Å². The molecule has 1 saturated heterocycles. The number of aromatic nitrogens is 2. The summed E-state index contributed by atoms with van der Waals surface area (Å²) in [6, 6.07) is 0.661. The molecule has 2 unspecified atom stereocenters. The van der Waals surface area contributed by atoms with Gasteiger partial charge in [0, 0.05) is 12.6 Å². The number of nitrogens with zero attached hydrogens (tertiary/aromatic N) is 3. The molecule has 106 valence electrons. The monoisotopic (exact) mass is 264 g/mol. The first-order valence-electron chi connectivity index (χ1n) is 7.15. The van der Waals surface area contributed by atoms with E-state index >= 15 is 0 Å². The average molecular weight is 264 g/mol. The second kappa shape index (κ2) is 4.28. The molecule has 2 aliphatic rings. The van der Waals surface area contributed by atoms with E-state index in [0.29, 0.717) is 29.3 Å². The van der Waals surface area contributed by atoms with Gasteiger partial charge in [0.15, 0.2) is 5.82 Å². The minimum absolute atomic E-state index is 0.321. The lowest BCUT2D eigenvalue weighted by Crippen LogP contribution is -2.34. The van der Waals surface area contributed by atoms with E-state index in [1.807, 2.05) is 0 Å². The number of hydrogen-bond donors (Lipinski definition) is 1. The van der Waals surface area contributed by atoms with E-state index in [1.165, 1.54) is 19.3 Å². The molecule has 0 spiro atoms. The van der Waals surface area contributed by atoms with Crippen LogP contribution in [0.4, 0.5) is 0 Å². The average Bonchev–Trinajstić information content (AvgIpc) is 2.81. The Morgan fingerprint density at radius 3 is 2.84 bits per heavy atom. The Kier molecular flexibility index (Phi) is 2.94. The largest absolute Gasteiger partial charge is 0.338 e. The Morgan fingerprint density at radius 1 is 1.37 bits per heavy atom. The number of nitrogens with two attached hydrogens (primary N) is 1. The third kappa shape index (κ3) is 2.54. The van der Waals surface area contributed by atoms with Crippen molar-refractivity contribution in [3.05, 3.63) is 11.7 Å².